The Kier molecular flexibility index (Phi) is 19.1. The minimum Gasteiger partial charge on any atom is -0.455 e. The molecule has 1 aliphatic rings. The molecule has 7 aromatic rings. The van der Waals surface area contributed by atoms with Gasteiger partial charge in [0.1, 0.15) is 41.4 Å². The molecule has 21 nitrogen and oxygen atoms in total. The third-order valence-electron chi connectivity index (χ3n) is 12.8. The maximum Gasteiger partial charge on any atom is 0.319 e. The normalized spacial score (nSPS) is 15.0. The van der Waals surface area contributed by atoms with Crippen LogP contribution in [0.2, 0.25) is 0 Å². The van der Waals surface area contributed by atoms with E-state index in [0.29, 0.717) is 70.7 Å². The van der Waals surface area contributed by atoms with Crippen LogP contribution in [0, 0.1) is 0 Å². The van der Waals surface area contributed by atoms with E-state index in [0.717, 1.165) is 76.0 Å². The number of imidazole rings is 2. The number of likely N-dealkylation sites (N-methyl/N-ethyl adjacent to an activating group) is 2. The van der Waals surface area contributed by atoms with E-state index in [1.807, 2.05) is 40.4 Å². The molecule has 3 amide bonds. The predicted octanol–water partition coefficient (Wildman–Crippen LogP) is 7.46. The van der Waals surface area contributed by atoms with Gasteiger partial charge in [-0.25, -0.2) is 34.7 Å². The first-order valence-electron chi connectivity index (χ1n) is 25.1. The van der Waals surface area contributed by atoms with Gasteiger partial charge in [0.15, 0.2) is 22.9 Å². The quantitative estimate of drug-likeness (QED) is 0.0284. The van der Waals surface area contributed by atoms with Gasteiger partial charge in [-0.1, -0.05) is 45.0 Å². The molecule has 9 N–H and O–H groups in total. The van der Waals surface area contributed by atoms with E-state index in [-0.39, 0.29) is 35.8 Å². The highest BCUT2D eigenvalue weighted by Crippen LogP contribution is 2.32. The van der Waals surface area contributed by atoms with Crippen molar-refractivity contribution in [3.8, 4) is 11.5 Å². The number of urea groups is 1. The van der Waals surface area contributed by atoms with Gasteiger partial charge in [0, 0.05) is 51.1 Å². The molecule has 0 spiro atoms. The standard InChI is InChI=1S/C27H35N9O3.C26H37N7O2/c1-35(16-21(38-2)12-15-36-18-33-24-25(29)31-17-32-26(24)36)14-5-13-30-27(37)34-19-8-10-20(11-9-19)39-23-7-4-3-6-22(23)28;1-26(2,3)18-8-10-19(11-9-18)31-21(34)7-5-6-14-32(4)15-20-12-13-22(35-20)33-17-30-23-24(27)28-16-29-25(23)33/h3-4,6-11,17-18,21H,5,12-16,28H2,1-2H3,(H2,29,31,32)(H2,30,34,37);8-11,16-17,20,22H,5-7,12-15H2,1-4H3,(H,31,34)(H2,27,28,29). The van der Waals surface area contributed by atoms with Crippen molar-refractivity contribution < 1.29 is 23.8 Å². The summed E-state index contributed by atoms with van der Waals surface area (Å²) < 4.78 is 21.7. The fourth-order valence-electron chi connectivity index (χ4n) is 8.59. The zero-order chi connectivity index (χ0) is 52.6. The number of rotatable bonds is 22. The Hall–Kier alpha value is -7.46. The number of unbranched alkanes of at least 4 members (excludes halogenated alkanes) is 1. The largest absolute Gasteiger partial charge is 0.455 e. The number of nitrogen functional groups attached to an aromatic ring is 3. The molecule has 3 aromatic carbocycles. The number of hydrogen-bond donors (Lipinski definition) is 6. The summed E-state index contributed by atoms with van der Waals surface area (Å²) >= 11 is 0. The van der Waals surface area contributed by atoms with E-state index in [9.17, 15) is 9.59 Å². The fraction of sp³-hybridized carbons (Fsp3) is 0.434. The number of carbonyl (C=O) groups excluding carboxylic acids is 2. The summed E-state index contributed by atoms with van der Waals surface area (Å²) in [4.78, 5) is 54.3. The summed E-state index contributed by atoms with van der Waals surface area (Å²) in [6, 6.07) is 22.3. The highest BCUT2D eigenvalue weighted by molar-refractivity contribution is 5.91. The van der Waals surface area contributed by atoms with E-state index in [4.69, 9.17) is 31.4 Å². The molecule has 0 aliphatic carbocycles. The molecule has 394 valence electrons. The van der Waals surface area contributed by atoms with Crippen LogP contribution in [0.4, 0.5) is 33.5 Å². The lowest BCUT2D eigenvalue weighted by atomic mass is 9.87. The number of aryl methyl sites for hydroxylation is 1. The molecular formula is C53H72N16O5. The zero-order valence-corrected chi connectivity index (χ0v) is 43.4. The SMILES string of the molecule is CN(CCCCC(=O)Nc1ccc(C(C)(C)C)cc1)CC1CCC(n2cnc3c(N)ncnc32)O1.COC(CCn1cnc2c(N)ncnc21)CN(C)CCCNC(=O)Nc1ccc(Oc2ccccc2N)cc1. The lowest BCUT2D eigenvalue weighted by molar-refractivity contribution is -0.116. The Morgan fingerprint density at radius 1 is 0.784 bits per heavy atom. The van der Waals surface area contributed by atoms with Gasteiger partial charge >= 0.3 is 6.03 Å². The maximum absolute atomic E-state index is 12.3. The minimum absolute atomic E-state index is 0.0353. The van der Waals surface area contributed by atoms with Crippen molar-refractivity contribution in [2.24, 2.45) is 0 Å². The third kappa shape index (κ3) is 15.5. The summed E-state index contributed by atoms with van der Waals surface area (Å²) in [6.45, 7) is 11.1. The number of fused-ring (bicyclic) bond motifs is 2. The summed E-state index contributed by atoms with van der Waals surface area (Å²) in [5, 5.41) is 8.73. The molecule has 5 heterocycles. The first-order valence-corrected chi connectivity index (χ1v) is 25.1. The van der Waals surface area contributed by atoms with E-state index in [1.165, 1.54) is 18.2 Å². The summed E-state index contributed by atoms with van der Waals surface area (Å²) in [5.74, 6) is 2.05. The fourth-order valence-corrected chi connectivity index (χ4v) is 8.59. The van der Waals surface area contributed by atoms with Gasteiger partial charge in [-0.3, -0.25) is 9.36 Å². The van der Waals surface area contributed by atoms with Crippen LogP contribution in [0.15, 0.2) is 98.1 Å². The average molecular weight is 1010 g/mol. The molecule has 3 atom stereocenters. The monoisotopic (exact) mass is 1010 g/mol. The number of nitrogens with two attached hydrogens (primary N) is 3. The van der Waals surface area contributed by atoms with Crippen LogP contribution in [0.25, 0.3) is 22.3 Å². The van der Waals surface area contributed by atoms with Gasteiger partial charge in [-0.2, -0.15) is 0 Å². The van der Waals surface area contributed by atoms with Crippen LogP contribution in [-0.4, -0.2) is 127 Å². The van der Waals surface area contributed by atoms with Crippen LogP contribution in [-0.2, 0) is 26.2 Å². The summed E-state index contributed by atoms with van der Waals surface area (Å²) in [7, 11) is 5.86. The number of anilines is 5. The minimum atomic E-state index is -0.259. The molecule has 0 radical (unpaired) electrons. The molecular weight excluding hydrogens is 941 g/mol. The van der Waals surface area contributed by atoms with Crippen LogP contribution in [0.5, 0.6) is 11.5 Å². The highest BCUT2D eigenvalue weighted by atomic mass is 16.5. The third-order valence-corrected chi connectivity index (χ3v) is 12.8. The van der Waals surface area contributed by atoms with Crippen molar-refractivity contribution in [1.82, 2.24) is 54.2 Å². The van der Waals surface area contributed by atoms with Crippen LogP contribution < -0.4 is 37.9 Å². The summed E-state index contributed by atoms with van der Waals surface area (Å²) in [6.07, 6.45) is 12.3. The number of amides is 3. The number of nitrogens with zero attached hydrogens (tertiary/aromatic N) is 10. The lowest BCUT2D eigenvalue weighted by Crippen LogP contribution is -2.35. The predicted molar refractivity (Wildman–Crippen MR) is 290 cm³/mol. The number of hydrogen-bond acceptors (Lipinski definition) is 16. The molecule has 1 saturated heterocycles. The number of aromatic nitrogens is 8. The van der Waals surface area contributed by atoms with Gasteiger partial charge in [-0.15, -0.1) is 0 Å². The second-order valence-electron chi connectivity index (χ2n) is 19.6. The topological polar surface area (TPSA) is 270 Å². The van der Waals surface area contributed by atoms with Gasteiger partial charge in [-0.05, 0) is 125 Å². The second kappa shape index (κ2) is 26.0. The Morgan fingerprint density at radius 2 is 1.45 bits per heavy atom. The van der Waals surface area contributed by atoms with Gasteiger partial charge in [0.2, 0.25) is 5.91 Å². The molecule has 4 aromatic heterocycles. The molecule has 74 heavy (non-hydrogen) atoms. The van der Waals surface area contributed by atoms with Crippen LogP contribution in [0.3, 0.4) is 0 Å². The van der Waals surface area contributed by atoms with E-state index in [1.54, 1.807) is 56.2 Å². The molecule has 0 bridgehead atoms. The van der Waals surface area contributed by atoms with Crippen molar-refractivity contribution in [2.45, 2.75) is 96.1 Å². The van der Waals surface area contributed by atoms with Crippen molar-refractivity contribution in [3.05, 3.63) is 104 Å². The van der Waals surface area contributed by atoms with Gasteiger partial charge < -0.3 is 61.7 Å². The average Bonchev–Trinajstić information content (AvgIpc) is 4.14. The smallest absolute Gasteiger partial charge is 0.319 e. The zero-order valence-electron chi connectivity index (χ0n) is 43.4. The molecule has 1 aliphatic heterocycles. The Bertz CT molecular complexity index is 2890. The van der Waals surface area contributed by atoms with E-state index in [2.05, 4.69) is 95.6 Å². The number of para-hydroxylation sites is 2. The van der Waals surface area contributed by atoms with E-state index >= 15 is 0 Å². The molecule has 0 saturated carbocycles. The van der Waals surface area contributed by atoms with Crippen molar-refractivity contribution in [1.29, 1.82) is 0 Å². The molecule has 1 fully saturated rings. The number of benzene rings is 3. The number of nitrogens with one attached hydrogen (secondary N) is 3. The van der Waals surface area contributed by atoms with Crippen LogP contribution >= 0.6 is 0 Å². The number of carbonyl (C=O) groups is 2. The van der Waals surface area contributed by atoms with Crippen molar-refractivity contribution in [2.75, 3.05) is 81.8 Å². The molecule has 21 heteroatoms. The van der Waals surface area contributed by atoms with Gasteiger partial charge in [0.05, 0.1) is 30.5 Å². The second-order valence-corrected chi connectivity index (χ2v) is 19.6. The van der Waals surface area contributed by atoms with Gasteiger partial charge in [0.25, 0.3) is 0 Å². The van der Waals surface area contributed by atoms with Crippen molar-refractivity contribution >= 4 is 63.0 Å². The van der Waals surface area contributed by atoms with Crippen LogP contribution in [0.1, 0.15) is 77.5 Å². The number of methoxy groups -OCH3 is 1. The lowest BCUT2D eigenvalue weighted by Gasteiger charge is -2.23. The Balaban J connectivity index is 0.000000217. The summed E-state index contributed by atoms with van der Waals surface area (Å²) in [5.41, 5.74) is 23.8. The maximum atomic E-state index is 12.3. The Labute approximate surface area is 432 Å². The molecule has 3 unspecified atom stereocenters. The first kappa shape index (κ1) is 54.3. The van der Waals surface area contributed by atoms with E-state index < -0.39 is 0 Å². The van der Waals surface area contributed by atoms with Crippen molar-refractivity contribution in [3.63, 3.8) is 0 Å². The number of ether oxygens (including phenoxy) is 3. The highest BCUT2D eigenvalue weighted by Gasteiger charge is 2.29. The Morgan fingerprint density at radius 3 is 2.16 bits per heavy atom. The first-order chi connectivity index (χ1) is 35.6. The molecule has 8 rings (SSSR count).